The predicted octanol–water partition coefficient (Wildman–Crippen LogP) is 5.22. The zero-order chi connectivity index (χ0) is 22.9. The number of aliphatic hydroxyl groups is 1. The first kappa shape index (κ1) is 27.7. The summed E-state index contributed by atoms with van der Waals surface area (Å²) in [6.07, 6.45) is 1.01. The smallest absolute Gasteiger partial charge is 0.309 e. The van der Waals surface area contributed by atoms with Gasteiger partial charge in [0, 0.05) is 5.92 Å². The van der Waals surface area contributed by atoms with E-state index in [9.17, 15) is 14.7 Å². The topological polar surface area (TPSA) is 88.3 Å². The number of Topliss-reactive ketones (excluding diaryl/α,β-unsaturated/α-hetero) is 1. The number of nitrogens with zero attached hydrogens (tertiary/aromatic N) is 2. The van der Waals surface area contributed by atoms with Crippen molar-refractivity contribution >= 4 is 11.8 Å². The molecule has 6 atom stereocenters. The van der Waals surface area contributed by atoms with E-state index < -0.39 is 17.6 Å². The van der Waals surface area contributed by atoms with E-state index in [0.29, 0.717) is 18.8 Å². The largest absolute Gasteiger partial charge is 0.459 e. The third-order valence-electron chi connectivity index (χ3n) is 5.57. The molecule has 0 radical (unpaired) electrons. The van der Waals surface area contributed by atoms with Gasteiger partial charge < -0.3 is 9.84 Å². The molecule has 6 unspecified atom stereocenters. The highest BCUT2D eigenvalue weighted by atomic mass is 16.6. The molecule has 6 heteroatoms. The Labute approximate surface area is 177 Å². The number of esters is 1. The first-order valence-corrected chi connectivity index (χ1v) is 11.2. The Kier molecular flexibility index (Phi) is 11.9. The molecule has 170 valence electrons. The summed E-state index contributed by atoms with van der Waals surface area (Å²) in [7, 11) is 0. The third-order valence-corrected chi connectivity index (χ3v) is 5.57. The summed E-state index contributed by atoms with van der Waals surface area (Å²) in [6.45, 7) is 18.9. The number of azo groups is 1. The number of carbonyl (C=O) groups excluding carboxylic acids is 2. The Hall–Kier alpha value is -1.30. The molecule has 0 aromatic carbocycles. The van der Waals surface area contributed by atoms with Gasteiger partial charge in [0.05, 0.1) is 18.0 Å². The zero-order valence-electron chi connectivity index (χ0n) is 20.2. The third kappa shape index (κ3) is 8.53. The normalized spacial score (nSPS) is 19.6. The molecule has 0 saturated heterocycles. The van der Waals surface area contributed by atoms with Crippen LogP contribution in [0, 0.1) is 23.7 Å². The highest BCUT2D eigenvalue weighted by Crippen LogP contribution is 2.29. The van der Waals surface area contributed by atoms with Crippen LogP contribution in [0.25, 0.3) is 0 Å². The standard InChI is InChI=1S/C23H44N2O4/c1-11-16(7)20(25-24-15(5)6)18(9)21(26)23(10,28)19(12-2)29-22(27)17(8)13-14(3)4/h14-20,28H,11-13H2,1-10H3. The lowest BCUT2D eigenvalue weighted by molar-refractivity contribution is -0.175. The monoisotopic (exact) mass is 412 g/mol. The summed E-state index contributed by atoms with van der Waals surface area (Å²) in [6, 6.07) is -0.286. The van der Waals surface area contributed by atoms with Crippen LogP contribution in [0.15, 0.2) is 10.2 Å². The molecule has 6 nitrogen and oxygen atoms in total. The van der Waals surface area contributed by atoms with Crippen molar-refractivity contribution in [1.82, 2.24) is 0 Å². The van der Waals surface area contributed by atoms with Crippen molar-refractivity contribution in [2.45, 2.75) is 112 Å². The molecule has 0 aliphatic heterocycles. The second-order valence-corrected chi connectivity index (χ2v) is 9.37. The maximum atomic E-state index is 13.3. The minimum atomic E-state index is -1.78. The van der Waals surface area contributed by atoms with Crippen molar-refractivity contribution < 1.29 is 19.4 Å². The second kappa shape index (κ2) is 12.4. The molecule has 29 heavy (non-hydrogen) atoms. The van der Waals surface area contributed by atoms with Crippen LogP contribution >= 0.6 is 0 Å². The van der Waals surface area contributed by atoms with E-state index in [1.54, 1.807) is 6.92 Å². The van der Waals surface area contributed by atoms with Crippen LogP contribution in [-0.2, 0) is 14.3 Å². The molecule has 0 aromatic heterocycles. The SMILES string of the molecule is CCC(C)C(N=NC(C)C)C(C)C(=O)C(C)(O)C(CC)OC(=O)C(C)CC(C)C. The maximum Gasteiger partial charge on any atom is 0.309 e. The number of rotatable bonds is 13. The summed E-state index contributed by atoms with van der Waals surface area (Å²) in [5.41, 5.74) is -1.78. The minimum absolute atomic E-state index is 0.0381. The van der Waals surface area contributed by atoms with E-state index in [2.05, 4.69) is 10.2 Å². The minimum Gasteiger partial charge on any atom is -0.459 e. The number of hydrogen-bond acceptors (Lipinski definition) is 6. The van der Waals surface area contributed by atoms with Crippen molar-refractivity contribution in [2.75, 3.05) is 0 Å². The van der Waals surface area contributed by atoms with Crippen molar-refractivity contribution in [2.24, 2.45) is 33.9 Å². The Morgan fingerprint density at radius 1 is 0.966 bits per heavy atom. The number of hydrogen-bond donors (Lipinski definition) is 1. The molecule has 0 aromatic rings. The van der Waals surface area contributed by atoms with Gasteiger partial charge in [0.15, 0.2) is 11.4 Å². The maximum absolute atomic E-state index is 13.3. The number of ketones is 1. The number of ether oxygens (including phenoxy) is 1. The van der Waals surface area contributed by atoms with E-state index in [1.807, 2.05) is 55.4 Å². The van der Waals surface area contributed by atoms with Gasteiger partial charge in [0.2, 0.25) is 0 Å². The van der Waals surface area contributed by atoms with Gasteiger partial charge >= 0.3 is 5.97 Å². The van der Waals surface area contributed by atoms with E-state index in [0.717, 1.165) is 6.42 Å². The first-order valence-electron chi connectivity index (χ1n) is 11.2. The summed E-state index contributed by atoms with van der Waals surface area (Å²) >= 11 is 0. The average molecular weight is 413 g/mol. The van der Waals surface area contributed by atoms with Gasteiger partial charge in [-0.25, -0.2) is 0 Å². The zero-order valence-corrected chi connectivity index (χ0v) is 20.2. The molecule has 0 rings (SSSR count). The van der Waals surface area contributed by atoms with Crippen molar-refractivity contribution in [1.29, 1.82) is 0 Å². The van der Waals surface area contributed by atoms with Gasteiger partial charge in [0.1, 0.15) is 6.10 Å². The highest BCUT2D eigenvalue weighted by Gasteiger charge is 2.45. The van der Waals surface area contributed by atoms with Gasteiger partial charge in [-0.15, -0.1) is 0 Å². The summed E-state index contributed by atoms with van der Waals surface area (Å²) < 4.78 is 5.60. The van der Waals surface area contributed by atoms with Gasteiger partial charge in [-0.1, -0.05) is 54.9 Å². The predicted molar refractivity (Wildman–Crippen MR) is 117 cm³/mol. The fraction of sp³-hybridized carbons (Fsp3) is 0.913. The quantitative estimate of drug-likeness (QED) is 0.332. The lowest BCUT2D eigenvalue weighted by atomic mass is 9.78. The summed E-state index contributed by atoms with van der Waals surface area (Å²) in [5.74, 6) is -1.04. The Balaban J connectivity index is 5.52. The van der Waals surface area contributed by atoms with Crippen molar-refractivity contribution in [3.8, 4) is 0 Å². The summed E-state index contributed by atoms with van der Waals surface area (Å²) in [5, 5.41) is 19.8. The molecule has 0 spiro atoms. The van der Waals surface area contributed by atoms with E-state index in [1.165, 1.54) is 6.92 Å². The molecule has 0 amide bonds. The molecule has 0 fully saturated rings. The molecule has 0 aliphatic rings. The van der Waals surface area contributed by atoms with E-state index in [4.69, 9.17) is 4.74 Å². The van der Waals surface area contributed by atoms with Crippen LogP contribution in [-0.4, -0.2) is 40.6 Å². The van der Waals surface area contributed by atoms with Gasteiger partial charge in [-0.2, -0.15) is 10.2 Å². The van der Waals surface area contributed by atoms with E-state index in [-0.39, 0.29) is 35.7 Å². The van der Waals surface area contributed by atoms with Crippen LogP contribution in [0.5, 0.6) is 0 Å². The summed E-state index contributed by atoms with van der Waals surface area (Å²) in [4.78, 5) is 25.7. The molecule has 0 aliphatic carbocycles. The molecular formula is C23H44N2O4. The molecule has 1 N–H and O–H groups in total. The molecule has 0 bridgehead atoms. The first-order chi connectivity index (χ1) is 13.3. The van der Waals surface area contributed by atoms with Crippen molar-refractivity contribution in [3.05, 3.63) is 0 Å². The van der Waals surface area contributed by atoms with Crippen LogP contribution < -0.4 is 0 Å². The van der Waals surface area contributed by atoms with Crippen LogP contribution in [0.4, 0.5) is 0 Å². The van der Waals surface area contributed by atoms with Gasteiger partial charge in [0.25, 0.3) is 0 Å². The van der Waals surface area contributed by atoms with Gasteiger partial charge in [-0.05, 0) is 45.4 Å². The highest BCUT2D eigenvalue weighted by molar-refractivity contribution is 5.90. The Morgan fingerprint density at radius 2 is 1.52 bits per heavy atom. The lowest BCUT2D eigenvalue weighted by Gasteiger charge is -2.35. The van der Waals surface area contributed by atoms with E-state index >= 15 is 0 Å². The fourth-order valence-corrected chi connectivity index (χ4v) is 3.59. The number of carbonyl (C=O) groups is 2. The molecular weight excluding hydrogens is 368 g/mol. The second-order valence-electron chi connectivity index (χ2n) is 9.37. The fourth-order valence-electron chi connectivity index (χ4n) is 3.59. The van der Waals surface area contributed by atoms with Crippen LogP contribution in [0.1, 0.15) is 88.5 Å². The molecule has 0 saturated carbocycles. The Morgan fingerprint density at radius 3 is 1.93 bits per heavy atom. The van der Waals surface area contributed by atoms with Crippen molar-refractivity contribution in [3.63, 3.8) is 0 Å². The van der Waals surface area contributed by atoms with Gasteiger partial charge in [-0.3, -0.25) is 9.59 Å². The van der Waals surface area contributed by atoms with Crippen LogP contribution in [0.2, 0.25) is 0 Å². The average Bonchev–Trinajstić information content (AvgIpc) is 2.63. The van der Waals surface area contributed by atoms with Crippen LogP contribution in [0.3, 0.4) is 0 Å². The molecule has 0 heterocycles. The Bertz CT molecular complexity index is 543. The lowest BCUT2D eigenvalue weighted by Crippen LogP contribution is -2.53.